The van der Waals surface area contributed by atoms with Crippen LogP contribution in [0.5, 0.6) is 11.5 Å². The summed E-state index contributed by atoms with van der Waals surface area (Å²) >= 11 is 1.60. The third-order valence-electron chi connectivity index (χ3n) is 5.61. The van der Waals surface area contributed by atoms with Gasteiger partial charge in [-0.15, -0.1) is 11.8 Å². The summed E-state index contributed by atoms with van der Waals surface area (Å²) in [6.45, 7) is 1.52. The highest BCUT2D eigenvalue weighted by Crippen LogP contribution is 2.35. The number of thioether (sulfide) groups is 1. The van der Waals surface area contributed by atoms with E-state index in [4.69, 9.17) is 14.6 Å². The van der Waals surface area contributed by atoms with Gasteiger partial charge in [-0.05, 0) is 37.1 Å². The molecule has 2 aromatic carbocycles. The van der Waals surface area contributed by atoms with Crippen molar-refractivity contribution in [1.82, 2.24) is 4.98 Å². The Hall–Kier alpha value is -2.97. The van der Waals surface area contributed by atoms with Gasteiger partial charge in [0.15, 0.2) is 0 Å². The van der Waals surface area contributed by atoms with Gasteiger partial charge in [0, 0.05) is 36.5 Å². The molecule has 1 aromatic heterocycles. The molecule has 166 valence electrons. The summed E-state index contributed by atoms with van der Waals surface area (Å²) in [4.78, 5) is 19.2. The standard InChI is InChI=1S/C24H25N3O4S/c28-22(29)12-17-14-32-24(26-17)21-11-15-10-19(31-18-4-2-1-3-5-18)13-20(23(15)27-21)25-16-6-8-30-9-7-16/h1-5,10-11,13,16-17,25,27H,6-9,12,14H2,(H,28,29)/t17-/m0/s1. The number of anilines is 1. The van der Waals surface area contributed by atoms with E-state index in [-0.39, 0.29) is 12.5 Å². The van der Waals surface area contributed by atoms with Gasteiger partial charge in [0.2, 0.25) is 0 Å². The maximum Gasteiger partial charge on any atom is 0.305 e. The molecular weight excluding hydrogens is 426 g/mol. The van der Waals surface area contributed by atoms with Crippen molar-refractivity contribution < 1.29 is 19.4 Å². The van der Waals surface area contributed by atoms with Gasteiger partial charge in [0.25, 0.3) is 0 Å². The van der Waals surface area contributed by atoms with E-state index in [0.717, 1.165) is 64.9 Å². The molecule has 8 heteroatoms. The Morgan fingerprint density at radius 1 is 1.19 bits per heavy atom. The number of ether oxygens (including phenoxy) is 2. The molecule has 1 fully saturated rings. The molecule has 32 heavy (non-hydrogen) atoms. The number of nitrogens with zero attached hydrogens (tertiary/aromatic N) is 1. The van der Waals surface area contributed by atoms with Gasteiger partial charge >= 0.3 is 5.97 Å². The van der Waals surface area contributed by atoms with Crippen molar-refractivity contribution in [3.8, 4) is 11.5 Å². The summed E-state index contributed by atoms with van der Waals surface area (Å²) < 4.78 is 11.6. The van der Waals surface area contributed by atoms with Gasteiger partial charge in [-0.25, -0.2) is 0 Å². The van der Waals surface area contributed by atoms with Crippen molar-refractivity contribution in [3.63, 3.8) is 0 Å². The second-order valence-electron chi connectivity index (χ2n) is 8.06. The van der Waals surface area contributed by atoms with Crippen LogP contribution in [-0.4, -0.2) is 52.2 Å². The van der Waals surface area contributed by atoms with Gasteiger partial charge < -0.3 is 24.9 Å². The van der Waals surface area contributed by atoms with E-state index in [2.05, 4.69) is 21.4 Å². The molecule has 3 N–H and O–H groups in total. The van der Waals surface area contributed by atoms with E-state index in [0.29, 0.717) is 11.8 Å². The average molecular weight is 452 g/mol. The monoisotopic (exact) mass is 451 g/mol. The average Bonchev–Trinajstić information content (AvgIpc) is 3.42. The van der Waals surface area contributed by atoms with E-state index in [1.807, 2.05) is 42.5 Å². The quantitative estimate of drug-likeness (QED) is 0.473. The van der Waals surface area contributed by atoms with E-state index >= 15 is 0 Å². The lowest BCUT2D eigenvalue weighted by Gasteiger charge is -2.24. The van der Waals surface area contributed by atoms with Gasteiger partial charge in [-0.3, -0.25) is 9.79 Å². The first-order chi connectivity index (χ1) is 15.6. The van der Waals surface area contributed by atoms with Crippen LogP contribution in [-0.2, 0) is 9.53 Å². The summed E-state index contributed by atoms with van der Waals surface area (Å²) in [5.41, 5.74) is 2.89. The molecule has 7 nitrogen and oxygen atoms in total. The van der Waals surface area contributed by atoms with Crippen molar-refractivity contribution in [2.24, 2.45) is 4.99 Å². The Kier molecular flexibility index (Phi) is 6.05. The smallest absolute Gasteiger partial charge is 0.305 e. The number of aromatic nitrogens is 1. The second-order valence-corrected chi connectivity index (χ2v) is 9.07. The van der Waals surface area contributed by atoms with Crippen LogP contribution < -0.4 is 10.1 Å². The predicted molar refractivity (Wildman–Crippen MR) is 127 cm³/mol. The minimum atomic E-state index is -0.817. The molecule has 3 aromatic rings. The number of carbonyl (C=O) groups is 1. The van der Waals surface area contributed by atoms with Crippen molar-refractivity contribution in [2.45, 2.75) is 31.3 Å². The van der Waals surface area contributed by atoms with Crippen LogP contribution in [0.2, 0.25) is 0 Å². The molecule has 0 bridgehead atoms. The van der Waals surface area contributed by atoms with Crippen LogP contribution >= 0.6 is 11.8 Å². The number of aliphatic imine (C=N–C) groups is 1. The zero-order valence-electron chi connectivity index (χ0n) is 17.5. The van der Waals surface area contributed by atoms with E-state index in [9.17, 15) is 4.79 Å². The molecule has 5 rings (SSSR count). The molecular formula is C24H25N3O4S. The van der Waals surface area contributed by atoms with Crippen LogP contribution in [0.3, 0.4) is 0 Å². The third-order valence-corrected chi connectivity index (χ3v) is 6.76. The number of rotatable bonds is 7. The molecule has 0 amide bonds. The normalized spacial score (nSPS) is 19.1. The van der Waals surface area contributed by atoms with Gasteiger partial charge in [-0.1, -0.05) is 18.2 Å². The first kappa shape index (κ1) is 20.9. The zero-order valence-corrected chi connectivity index (χ0v) is 18.4. The lowest BCUT2D eigenvalue weighted by molar-refractivity contribution is -0.137. The highest BCUT2D eigenvalue weighted by Gasteiger charge is 2.24. The second kappa shape index (κ2) is 9.26. The SMILES string of the molecule is O=C(O)C[C@H]1CSC(c2cc3cc(Oc4ccccc4)cc(NC4CCOCC4)c3[nH]2)=N1. The number of aliphatic carboxylic acids is 1. The lowest BCUT2D eigenvalue weighted by atomic mass is 10.1. The number of carboxylic acid groups (broad SMARTS) is 1. The zero-order chi connectivity index (χ0) is 21.9. The number of H-pyrrole nitrogens is 1. The number of fused-ring (bicyclic) bond motifs is 1. The molecule has 0 spiro atoms. The predicted octanol–water partition coefficient (Wildman–Crippen LogP) is 4.89. The Balaban J connectivity index is 1.48. The number of benzene rings is 2. The van der Waals surface area contributed by atoms with Crippen molar-refractivity contribution in [1.29, 1.82) is 0 Å². The van der Waals surface area contributed by atoms with Gasteiger partial charge in [0.05, 0.1) is 29.4 Å². The number of hydrogen-bond acceptors (Lipinski definition) is 6. The molecule has 1 atom stereocenters. The number of nitrogens with one attached hydrogen (secondary N) is 2. The fraction of sp³-hybridized carbons (Fsp3) is 0.333. The van der Waals surface area contributed by atoms with Crippen molar-refractivity contribution >= 4 is 39.4 Å². The summed E-state index contributed by atoms with van der Waals surface area (Å²) in [6.07, 6.45) is 1.97. The molecule has 0 saturated carbocycles. The number of para-hydroxylation sites is 1. The van der Waals surface area contributed by atoms with Gasteiger partial charge in [-0.2, -0.15) is 0 Å². The Morgan fingerprint density at radius 2 is 2.00 bits per heavy atom. The molecule has 2 aliphatic heterocycles. The highest BCUT2D eigenvalue weighted by molar-refractivity contribution is 8.14. The number of hydrogen-bond donors (Lipinski definition) is 3. The number of carboxylic acids is 1. The van der Waals surface area contributed by atoms with Crippen LogP contribution in [0.25, 0.3) is 10.9 Å². The maximum absolute atomic E-state index is 11.0. The molecule has 0 radical (unpaired) electrons. The molecule has 1 saturated heterocycles. The molecule has 0 unspecified atom stereocenters. The first-order valence-electron chi connectivity index (χ1n) is 10.8. The molecule has 0 aliphatic carbocycles. The van der Waals surface area contributed by atoms with E-state index in [1.54, 1.807) is 11.8 Å². The Bertz CT molecular complexity index is 1140. The minimum absolute atomic E-state index is 0.0579. The fourth-order valence-corrected chi connectivity index (χ4v) is 5.09. The summed E-state index contributed by atoms with van der Waals surface area (Å²) in [5.74, 6) is 1.41. The van der Waals surface area contributed by atoms with Gasteiger partial charge in [0.1, 0.15) is 16.5 Å². The van der Waals surface area contributed by atoms with Crippen molar-refractivity contribution in [2.75, 3.05) is 24.3 Å². The van der Waals surface area contributed by atoms with Crippen LogP contribution in [0.15, 0.2) is 53.5 Å². The van der Waals surface area contributed by atoms with Crippen LogP contribution in [0, 0.1) is 0 Å². The summed E-state index contributed by atoms with van der Waals surface area (Å²) in [5, 5.41) is 14.6. The lowest BCUT2D eigenvalue weighted by Crippen LogP contribution is -2.27. The van der Waals surface area contributed by atoms with Crippen LogP contribution in [0.1, 0.15) is 25.0 Å². The Labute approximate surface area is 190 Å². The first-order valence-corrected chi connectivity index (χ1v) is 11.8. The molecule has 3 heterocycles. The number of aromatic amines is 1. The summed E-state index contributed by atoms with van der Waals surface area (Å²) in [6, 6.07) is 16.0. The topological polar surface area (TPSA) is 95.9 Å². The van der Waals surface area contributed by atoms with Crippen LogP contribution in [0.4, 0.5) is 5.69 Å². The molecule has 2 aliphatic rings. The third kappa shape index (κ3) is 4.76. The summed E-state index contributed by atoms with van der Waals surface area (Å²) in [7, 11) is 0. The largest absolute Gasteiger partial charge is 0.481 e. The highest BCUT2D eigenvalue weighted by atomic mass is 32.2. The van der Waals surface area contributed by atoms with E-state index < -0.39 is 5.97 Å². The van der Waals surface area contributed by atoms with Crippen molar-refractivity contribution in [3.05, 3.63) is 54.2 Å². The Morgan fingerprint density at radius 3 is 2.78 bits per heavy atom. The van der Waals surface area contributed by atoms with E-state index in [1.165, 1.54) is 0 Å². The fourth-order valence-electron chi connectivity index (χ4n) is 4.06. The maximum atomic E-state index is 11.0. The minimum Gasteiger partial charge on any atom is -0.481 e.